The van der Waals surface area contributed by atoms with Crippen molar-refractivity contribution >= 4 is 29.4 Å². The minimum atomic E-state index is -1.22. The van der Waals surface area contributed by atoms with Crippen LogP contribution in [-0.4, -0.2) is 29.8 Å². The molecule has 1 saturated heterocycles. The van der Waals surface area contributed by atoms with Gasteiger partial charge >= 0.3 is 6.03 Å². The zero-order chi connectivity index (χ0) is 21.2. The Morgan fingerprint density at radius 3 is 2.45 bits per heavy atom. The van der Waals surface area contributed by atoms with Crippen molar-refractivity contribution in [3.8, 4) is 0 Å². The molecule has 3 rings (SSSR count). The van der Waals surface area contributed by atoms with Gasteiger partial charge in [-0.2, -0.15) is 0 Å². The van der Waals surface area contributed by atoms with E-state index in [9.17, 15) is 19.2 Å². The largest absolute Gasteiger partial charge is 0.341 e. The lowest BCUT2D eigenvalue weighted by Gasteiger charge is -2.22. The Hall–Kier alpha value is -3.68. The van der Waals surface area contributed by atoms with Gasteiger partial charge in [0.2, 0.25) is 5.91 Å². The summed E-state index contributed by atoms with van der Waals surface area (Å²) < 4.78 is 0. The normalized spacial score (nSPS) is 19.1. The number of carbonyl (C=O) groups is 4. The molecule has 5 amide bonds. The van der Waals surface area contributed by atoms with Gasteiger partial charge < -0.3 is 16.0 Å². The maximum atomic E-state index is 12.5. The van der Waals surface area contributed by atoms with Gasteiger partial charge in [-0.15, -0.1) is 0 Å². The molecular weight excluding hydrogens is 372 g/mol. The van der Waals surface area contributed by atoms with E-state index in [1.165, 1.54) is 0 Å². The van der Waals surface area contributed by atoms with Gasteiger partial charge in [0.1, 0.15) is 11.6 Å². The molecule has 8 heteroatoms. The number of benzene rings is 2. The Bertz CT molecular complexity index is 1000. The first-order chi connectivity index (χ1) is 13.7. The summed E-state index contributed by atoms with van der Waals surface area (Å²) in [6, 6.07) is 12.4. The number of imide groups is 1. The fourth-order valence-electron chi connectivity index (χ4n) is 3.04. The minimum Gasteiger partial charge on any atom is -0.341 e. The maximum Gasteiger partial charge on any atom is 0.322 e. The topological polar surface area (TPSA) is 116 Å². The highest BCUT2D eigenvalue weighted by Gasteiger charge is 2.43. The molecule has 2 atom stereocenters. The highest BCUT2D eigenvalue weighted by molar-refractivity contribution is 6.07. The van der Waals surface area contributed by atoms with E-state index in [2.05, 4.69) is 21.3 Å². The quantitative estimate of drug-likeness (QED) is 0.579. The van der Waals surface area contributed by atoms with Gasteiger partial charge in [0.25, 0.3) is 11.8 Å². The third-order valence-electron chi connectivity index (χ3n) is 4.77. The molecule has 0 bridgehead atoms. The van der Waals surface area contributed by atoms with Crippen LogP contribution in [0.5, 0.6) is 0 Å². The van der Waals surface area contributed by atoms with Crippen molar-refractivity contribution < 1.29 is 19.2 Å². The summed E-state index contributed by atoms with van der Waals surface area (Å²) in [6.07, 6.45) is 0. The molecule has 1 heterocycles. The summed E-state index contributed by atoms with van der Waals surface area (Å²) in [5, 5.41) is 10.2. The summed E-state index contributed by atoms with van der Waals surface area (Å²) in [7, 11) is 0. The summed E-state index contributed by atoms with van der Waals surface area (Å²) in [5.74, 6) is -1.22. The molecule has 0 aromatic heterocycles. The molecule has 2 unspecified atom stereocenters. The second-order valence-corrected chi connectivity index (χ2v) is 7.17. The molecule has 1 aliphatic rings. The van der Waals surface area contributed by atoms with Crippen LogP contribution in [0.4, 0.5) is 10.5 Å². The van der Waals surface area contributed by atoms with E-state index in [0.717, 1.165) is 5.56 Å². The van der Waals surface area contributed by atoms with Crippen LogP contribution in [0.3, 0.4) is 0 Å². The first kappa shape index (κ1) is 20.1. The van der Waals surface area contributed by atoms with Crippen molar-refractivity contribution in [3.05, 3.63) is 65.2 Å². The Morgan fingerprint density at radius 1 is 1.07 bits per heavy atom. The van der Waals surface area contributed by atoms with Gasteiger partial charge in [-0.3, -0.25) is 19.7 Å². The molecule has 0 spiro atoms. The molecule has 4 N–H and O–H groups in total. The van der Waals surface area contributed by atoms with E-state index >= 15 is 0 Å². The predicted molar refractivity (Wildman–Crippen MR) is 107 cm³/mol. The lowest BCUT2D eigenvalue weighted by molar-refractivity contribution is -0.123. The first-order valence-electron chi connectivity index (χ1n) is 9.11. The molecule has 8 nitrogen and oxygen atoms in total. The molecule has 150 valence electrons. The first-order valence-corrected chi connectivity index (χ1v) is 9.11. The van der Waals surface area contributed by atoms with Crippen LogP contribution in [-0.2, 0) is 15.1 Å². The minimum absolute atomic E-state index is 0.344. The average Bonchev–Trinajstić information content (AvgIpc) is 2.94. The van der Waals surface area contributed by atoms with Crippen molar-refractivity contribution in [2.45, 2.75) is 32.4 Å². The van der Waals surface area contributed by atoms with E-state index in [0.29, 0.717) is 16.8 Å². The van der Waals surface area contributed by atoms with Gasteiger partial charge in [0.15, 0.2) is 0 Å². The van der Waals surface area contributed by atoms with E-state index in [-0.39, 0.29) is 5.91 Å². The van der Waals surface area contributed by atoms with Crippen LogP contribution in [0.1, 0.15) is 35.3 Å². The average molecular weight is 394 g/mol. The Morgan fingerprint density at radius 2 is 1.79 bits per heavy atom. The predicted octanol–water partition coefficient (Wildman–Crippen LogP) is 1.81. The number of amides is 5. The standard InChI is InChI=1S/C21H22N4O4/c1-12-6-4-7-14(10-12)18(27)22-13(2)17(26)23-16-9-5-8-15(11-16)21(3)19(28)24-20(29)25-21/h4-11,13H,1-3H3,(H,22,27)(H,23,26)(H2,24,25,28,29). The molecule has 0 aliphatic carbocycles. The lowest BCUT2D eigenvalue weighted by atomic mass is 9.92. The number of hydrogen-bond donors (Lipinski definition) is 4. The van der Waals surface area contributed by atoms with E-state index in [1.54, 1.807) is 56.3 Å². The van der Waals surface area contributed by atoms with Gasteiger partial charge in [0, 0.05) is 11.3 Å². The van der Waals surface area contributed by atoms with Crippen LogP contribution in [0, 0.1) is 6.92 Å². The number of urea groups is 1. The van der Waals surface area contributed by atoms with Crippen LogP contribution >= 0.6 is 0 Å². The van der Waals surface area contributed by atoms with Crippen molar-refractivity contribution in [3.63, 3.8) is 0 Å². The number of hydrogen-bond acceptors (Lipinski definition) is 4. The fourth-order valence-corrected chi connectivity index (χ4v) is 3.04. The highest BCUT2D eigenvalue weighted by atomic mass is 16.2. The van der Waals surface area contributed by atoms with E-state index in [1.807, 2.05) is 13.0 Å². The number of anilines is 1. The molecule has 1 fully saturated rings. The monoisotopic (exact) mass is 394 g/mol. The number of rotatable bonds is 5. The Labute approximate surface area is 168 Å². The molecule has 29 heavy (non-hydrogen) atoms. The number of aryl methyl sites for hydroxylation is 1. The molecule has 1 aliphatic heterocycles. The molecule has 2 aromatic carbocycles. The lowest BCUT2D eigenvalue weighted by Crippen LogP contribution is -2.42. The zero-order valence-corrected chi connectivity index (χ0v) is 16.3. The summed E-state index contributed by atoms with van der Waals surface area (Å²) >= 11 is 0. The van der Waals surface area contributed by atoms with Crippen molar-refractivity contribution in [2.24, 2.45) is 0 Å². The Balaban J connectivity index is 1.68. The van der Waals surface area contributed by atoms with Crippen LogP contribution in [0.15, 0.2) is 48.5 Å². The van der Waals surface area contributed by atoms with Crippen LogP contribution in [0.25, 0.3) is 0 Å². The van der Waals surface area contributed by atoms with Crippen LogP contribution in [0.2, 0.25) is 0 Å². The van der Waals surface area contributed by atoms with Gasteiger partial charge in [-0.05, 0) is 50.6 Å². The van der Waals surface area contributed by atoms with Crippen LogP contribution < -0.4 is 21.3 Å². The fraction of sp³-hybridized carbons (Fsp3) is 0.238. The van der Waals surface area contributed by atoms with Crippen molar-refractivity contribution in [1.82, 2.24) is 16.0 Å². The molecule has 0 radical (unpaired) electrons. The van der Waals surface area contributed by atoms with Gasteiger partial charge in [-0.1, -0.05) is 29.8 Å². The smallest absolute Gasteiger partial charge is 0.322 e. The number of carbonyl (C=O) groups excluding carboxylic acids is 4. The molecule has 2 aromatic rings. The highest BCUT2D eigenvalue weighted by Crippen LogP contribution is 2.26. The summed E-state index contributed by atoms with van der Waals surface area (Å²) in [6.45, 7) is 5.05. The van der Waals surface area contributed by atoms with Crippen molar-refractivity contribution in [1.29, 1.82) is 0 Å². The maximum absolute atomic E-state index is 12.5. The van der Waals surface area contributed by atoms with Gasteiger partial charge in [0.05, 0.1) is 0 Å². The third-order valence-corrected chi connectivity index (χ3v) is 4.77. The Kier molecular flexibility index (Phi) is 5.36. The third kappa shape index (κ3) is 4.26. The van der Waals surface area contributed by atoms with Crippen molar-refractivity contribution in [2.75, 3.05) is 5.32 Å². The summed E-state index contributed by atoms with van der Waals surface area (Å²) in [5.41, 5.74) is 1.17. The summed E-state index contributed by atoms with van der Waals surface area (Å²) in [4.78, 5) is 48.4. The second-order valence-electron chi connectivity index (χ2n) is 7.17. The zero-order valence-electron chi connectivity index (χ0n) is 16.3. The molecule has 0 saturated carbocycles. The SMILES string of the molecule is Cc1cccc(C(=O)NC(C)C(=O)Nc2cccc(C3(C)NC(=O)NC3=O)c2)c1. The van der Waals surface area contributed by atoms with Gasteiger partial charge in [-0.25, -0.2) is 4.79 Å². The number of nitrogens with one attached hydrogen (secondary N) is 4. The van der Waals surface area contributed by atoms with E-state index in [4.69, 9.17) is 0 Å². The molecular formula is C21H22N4O4. The van der Waals surface area contributed by atoms with E-state index < -0.39 is 29.4 Å². The second kappa shape index (κ2) is 7.75.